The van der Waals surface area contributed by atoms with Gasteiger partial charge in [0, 0.05) is 42.3 Å². The van der Waals surface area contributed by atoms with Crippen LogP contribution in [0.3, 0.4) is 0 Å². The lowest BCUT2D eigenvalue weighted by Crippen LogP contribution is -2.23. The van der Waals surface area contributed by atoms with E-state index in [0.29, 0.717) is 30.9 Å². The SMILES string of the molecule is CCCCCCC(=O)Nc1ccc(S(=O)(=O)Nc2ccc(CCNCC(O)c3cccnc3)cc2)cc1. The van der Waals surface area contributed by atoms with Crippen molar-refractivity contribution in [1.29, 1.82) is 0 Å². The Hall–Kier alpha value is -3.27. The van der Waals surface area contributed by atoms with Gasteiger partial charge >= 0.3 is 0 Å². The summed E-state index contributed by atoms with van der Waals surface area (Å²) in [6.45, 7) is 3.22. The number of hydrogen-bond acceptors (Lipinski definition) is 6. The molecule has 8 nitrogen and oxygen atoms in total. The van der Waals surface area contributed by atoms with Gasteiger partial charge in [-0.1, -0.05) is 44.4 Å². The van der Waals surface area contributed by atoms with Gasteiger partial charge < -0.3 is 15.7 Å². The first-order chi connectivity index (χ1) is 17.9. The zero-order chi connectivity index (χ0) is 26.5. The van der Waals surface area contributed by atoms with Crippen LogP contribution in [0.5, 0.6) is 0 Å². The summed E-state index contributed by atoms with van der Waals surface area (Å²) in [4.78, 5) is 16.2. The van der Waals surface area contributed by atoms with Crippen LogP contribution in [0.15, 0.2) is 78.0 Å². The molecule has 0 aliphatic carbocycles. The number of nitrogens with one attached hydrogen (secondary N) is 3. The highest BCUT2D eigenvalue weighted by atomic mass is 32.2. The highest BCUT2D eigenvalue weighted by Gasteiger charge is 2.14. The molecule has 0 fully saturated rings. The number of amides is 1. The molecule has 2 aromatic carbocycles. The third-order valence-electron chi connectivity index (χ3n) is 5.91. The average Bonchev–Trinajstić information content (AvgIpc) is 2.90. The van der Waals surface area contributed by atoms with Crippen LogP contribution >= 0.6 is 0 Å². The molecule has 1 amide bonds. The fourth-order valence-corrected chi connectivity index (χ4v) is 4.83. The molecule has 4 N–H and O–H groups in total. The molecule has 1 unspecified atom stereocenters. The van der Waals surface area contributed by atoms with Gasteiger partial charge in [0.15, 0.2) is 0 Å². The summed E-state index contributed by atoms with van der Waals surface area (Å²) in [6, 6.07) is 17.0. The van der Waals surface area contributed by atoms with Crippen LogP contribution in [0, 0.1) is 0 Å². The molecule has 0 spiro atoms. The predicted molar refractivity (Wildman–Crippen MR) is 147 cm³/mol. The Balaban J connectivity index is 1.44. The minimum atomic E-state index is -3.76. The lowest BCUT2D eigenvalue weighted by Gasteiger charge is -2.12. The van der Waals surface area contributed by atoms with Crippen LogP contribution in [0.4, 0.5) is 11.4 Å². The van der Waals surface area contributed by atoms with Crippen LogP contribution in [0.1, 0.15) is 56.3 Å². The third kappa shape index (κ3) is 9.60. The van der Waals surface area contributed by atoms with Crippen LogP contribution < -0.4 is 15.4 Å². The van der Waals surface area contributed by atoms with E-state index >= 15 is 0 Å². The second kappa shape index (κ2) is 14.5. The predicted octanol–water partition coefficient (Wildman–Crippen LogP) is 4.66. The Morgan fingerprint density at radius 2 is 1.70 bits per heavy atom. The standard InChI is InChI=1S/C28H36N4O4S/c1-2-3-4-5-8-28(34)31-24-13-15-26(16-14-24)37(35,36)32-25-11-9-22(10-12-25)17-19-30-21-27(33)23-7-6-18-29-20-23/h6-7,9-16,18,20,27,30,32-33H,2-5,8,17,19,21H2,1H3,(H,31,34). The summed E-state index contributed by atoms with van der Waals surface area (Å²) in [5.74, 6) is -0.0650. The van der Waals surface area contributed by atoms with Gasteiger partial charge in [0.2, 0.25) is 5.91 Å². The molecule has 198 valence electrons. The largest absolute Gasteiger partial charge is 0.387 e. The minimum absolute atomic E-state index is 0.0650. The molecular formula is C28H36N4O4S. The number of pyridine rings is 1. The molecule has 0 radical (unpaired) electrons. The first kappa shape index (κ1) is 28.3. The molecule has 1 aromatic heterocycles. The number of carbonyl (C=O) groups is 1. The van der Waals surface area contributed by atoms with Gasteiger partial charge in [-0.25, -0.2) is 8.42 Å². The number of rotatable bonds is 15. The Bertz CT molecular complexity index is 1200. The second-order valence-electron chi connectivity index (χ2n) is 8.94. The van der Waals surface area contributed by atoms with Crippen molar-refractivity contribution in [3.05, 3.63) is 84.2 Å². The zero-order valence-electron chi connectivity index (χ0n) is 21.2. The molecular weight excluding hydrogens is 488 g/mol. The third-order valence-corrected chi connectivity index (χ3v) is 7.31. The molecule has 0 aliphatic heterocycles. The number of hydrogen-bond donors (Lipinski definition) is 4. The van der Waals surface area contributed by atoms with Gasteiger partial charge in [0.25, 0.3) is 10.0 Å². The lowest BCUT2D eigenvalue weighted by atomic mass is 10.1. The number of aliphatic hydroxyl groups is 1. The lowest BCUT2D eigenvalue weighted by molar-refractivity contribution is -0.116. The number of anilines is 2. The summed E-state index contributed by atoms with van der Waals surface area (Å²) in [5, 5.41) is 16.2. The Kier molecular flexibility index (Phi) is 11.1. The number of carbonyl (C=O) groups excluding carboxylic acids is 1. The Morgan fingerprint density at radius 3 is 2.38 bits per heavy atom. The van der Waals surface area contributed by atoms with E-state index < -0.39 is 16.1 Å². The fourth-order valence-electron chi connectivity index (χ4n) is 3.77. The van der Waals surface area contributed by atoms with Gasteiger partial charge in [0.05, 0.1) is 11.0 Å². The van der Waals surface area contributed by atoms with E-state index in [-0.39, 0.29) is 10.8 Å². The summed E-state index contributed by atoms with van der Waals surface area (Å²) < 4.78 is 28.1. The normalized spacial score (nSPS) is 12.2. The Labute approximate surface area is 219 Å². The maximum atomic E-state index is 12.8. The number of nitrogens with zero attached hydrogens (tertiary/aromatic N) is 1. The Morgan fingerprint density at radius 1 is 0.973 bits per heavy atom. The first-order valence-electron chi connectivity index (χ1n) is 12.7. The highest BCUT2D eigenvalue weighted by molar-refractivity contribution is 7.92. The second-order valence-corrected chi connectivity index (χ2v) is 10.6. The molecule has 0 saturated heterocycles. The van der Waals surface area contributed by atoms with Crippen molar-refractivity contribution in [2.75, 3.05) is 23.1 Å². The number of aromatic nitrogens is 1. The smallest absolute Gasteiger partial charge is 0.261 e. The molecule has 1 atom stereocenters. The van der Waals surface area contributed by atoms with Crippen molar-refractivity contribution >= 4 is 27.3 Å². The van der Waals surface area contributed by atoms with Crippen LogP contribution in [-0.2, 0) is 21.2 Å². The van der Waals surface area contributed by atoms with Crippen LogP contribution in [-0.4, -0.2) is 37.5 Å². The highest BCUT2D eigenvalue weighted by Crippen LogP contribution is 2.19. The van der Waals surface area contributed by atoms with E-state index in [1.54, 1.807) is 42.7 Å². The summed E-state index contributed by atoms with van der Waals surface area (Å²) in [5.41, 5.74) is 2.85. The van der Waals surface area contributed by atoms with Gasteiger partial charge in [-0.3, -0.25) is 14.5 Å². The molecule has 37 heavy (non-hydrogen) atoms. The van der Waals surface area contributed by atoms with E-state index in [2.05, 4.69) is 27.3 Å². The monoisotopic (exact) mass is 524 g/mol. The van der Waals surface area contributed by atoms with Crippen molar-refractivity contribution < 1.29 is 18.3 Å². The fraction of sp³-hybridized carbons (Fsp3) is 0.357. The van der Waals surface area contributed by atoms with Crippen molar-refractivity contribution in [3.8, 4) is 0 Å². The minimum Gasteiger partial charge on any atom is -0.387 e. The molecule has 0 aliphatic rings. The van der Waals surface area contributed by atoms with Crippen LogP contribution in [0.2, 0.25) is 0 Å². The van der Waals surface area contributed by atoms with Crippen molar-refractivity contribution in [1.82, 2.24) is 10.3 Å². The summed E-state index contributed by atoms with van der Waals surface area (Å²) in [7, 11) is -3.76. The topological polar surface area (TPSA) is 120 Å². The molecule has 0 saturated carbocycles. The maximum Gasteiger partial charge on any atom is 0.261 e. The molecule has 9 heteroatoms. The van der Waals surface area contributed by atoms with Crippen molar-refractivity contribution in [2.24, 2.45) is 0 Å². The summed E-state index contributed by atoms with van der Waals surface area (Å²) >= 11 is 0. The van der Waals surface area contributed by atoms with Crippen molar-refractivity contribution in [3.63, 3.8) is 0 Å². The van der Waals surface area contributed by atoms with Gasteiger partial charge in [-0.15, -0.1) is 0 Å². The van der Waals surface area contributed by atoms with Gasteiger partial charge in [-0.05, 0) is 67.4 Å². The molecule has 3 rings (SSSR count). The van der Waals surface area contributed by atoms with E-state index in [9.17, 15) is 18.3 Å². The average molecular weight is 525 g/mol. The van der Waals surface area contributed by atoms with Crippen LogP contribution in [0.25, 0.3) is 0 Å². The maximum absolute atomic E-state index is 12.8. The number of sulfonamides is 1. The van der Waals surface area contributed by atoms with Gasteiger partial charge in [0.1, 0.15) is 0 Å². The number of benzene rings is 2. The van der Waals surface area contributed by atoms with E-state index in [0.717, 1.165) is 43.2 Å². The van der Waals surface area contributed by atoms with Crippen molar-refractivity contribution in [2.45, 2.75) is 56.4 Å². The zero-order valence-corrected chi connectivity index (χ0v) is 22.0. The molecule has 3 aromatic rings. The molecule has 0 bridgehead atoms. The van der Waals surface area contributed by atoms with E-state index in [4.69, 9.17) is 0 Å². The van der Waals surface area contributed by atoms with E-state index in [1.165, 1.54) is 12.1 Å². The number of aliphatic hydroxyl groups excluding tert-OH is 1. The first-order valence-corrected chi connectivity index (χ1v) is 14.2. The van der Waals surface area contributed by atoms with E-state index in [1.807, 2.05) is 18.2 Å². The molecule has 1 heterocycles. The summed E-state index contributed by atoms with van der Waals surface area (Å²) in [6.07, 6.45) is 8.00. The quantitative estimate of drug-likeness (QED) is 0.215. The number of unbranched alkanes of at least 4 members (excludes halogenated alkanes) is 3. The van der Waals surface area contributed by atoms with Gasteiger partial charge in [-0.2, -0.15) is 0 Å².